The highest BCUT2D eigenvalue weighted by Gasteiger charge is 2.23. The third-order valence-corrected chi connectivity index (χ3v) is 2.96. The van der Waals surface area contributed by atoms with Crippen molar-refractivity contribution in [2.24, 2.45) is 11.8 Å². The van der Waals surface area contributed by atoms with Gasteiger partial charge in [-0.05, 0) is 18.4 Å². The Hall–Kier alpha value is -2.31. The zero-order valence-electron chi connectivity index (χ0n) is 10.6. The zero-order valence-corrected chi connectivity index (χ0v) is 10.6. The molecule has 7 nitrogen and oxygen atoms in total. The van der Waals surface area contributed by atoms with Gasteiger partial charge in [0.15, 0.2) is 0 Å². The van der Waals surface area contributed by atoms with Crippen LogP contribution in [0.1, 0.15) is 19.4 Å². The molecule has 0 amide bonds. The number of benzene rings is 1. The molecule has 0 N–H and O–H groups in total. The van der Waals surface area contributed by atoms with Gasteiger partial charge in [0, 0.05) is 17.5 Å². The van der Waals surface area contributed by atoms with Crippen molar-refractivity contribution in [3.05, 3.63) is 44.0 Å². The van der Waals surface area contributed by atoms with E-state index in [4.69, 9.17) is 0 Å². The number of nitro benzene ring substituents is 2. The number of nitro groups is 2. The normalized spacial score (nSPS) is 12.2. The van der Waals surface area contributed by atoms with Crippen molar-refractivity contribution < 1.29 is 14.6 Å². The second-order valence-corrected chi connectivity index (χ2v) is 4.58. The SMILES string of the molecule is CC(C)[C@@H](C=O)Cc1ccc([N+](=O)[O-])cc1[N+](=O)[O-]. The minimum atomic E-state index is -0.684. The van der Waals surface area contributed by atoms with Crippen molar-refractivity contribution in [1.82, 2.24) is 0 Å². The summed E-state index contributed by atoms with van der Waals surface area (Å²) in [6.45, 7) is 3.69. The van der Waals surface area contributed by atoms with E-state index >= 15 is 0 Å². The third kappa shape index (κ3) is 3.57. The molecule has 0 heterocycles. The quantitative estimate of drug-likeness (QED) is 0.447. The molecular weight excluding hydrogens is 252 g/mol. The first-order valence-corrected chi connectivity index (χ1v) is 5.73. The average Bonchev–Trinajstić information content (AvgIpc) is 2.35. The van der Waals surface area contributed by atoms with Crippen molar-refractivity contribution in [2.75, 3.05) is 0 Å². The molecule has 1 aromatic carbocycles. The molecule has 0 fully saturated rings. The lowest BCUT2D eigenvalue weighted by atomic mass is 9.90. The summed E-state index contributed by atoms with van der Waals surface area (Å²) in [7, 11) is 0. The smallest absolute Gasteiger partial charge is 0.279 e. The van der Waals surface area contributed by atoms with E-state index in [0.29, 0.717) is 5.56 Å². The molecule has 102 valence electrons. The summed E-state index contributed by atoms with van der Waals surface area (Å²) in [6.07, 6.45) is 0.964. The van der Waals surface area contributed by atoms with Gasteiger partial charge in [-0.15, -0.1) is 0 Å². The van der Waals surface area contributed by atoms with Crippen LogP contribution in [0.15, 0.2) is 18.2 Å². The number of hydrogen-bond acceptors (Lipinski definition) is 5. The summed E-state index contributed by atoms with van der Waals surface area (Å²) >= 11 is 0. The fourth-order valence-electron chi connectivity index (χ4n) is 1.70. The van der Waals surface area contributed by atoms with Crippen LogP contribution >= 0.6 is 0 Å². The minimum absolute atomic E-state index is 0.0484. The summed E-state index contributed by atoms with van der Waals surface area (Å²) in [5, 5.41) is 21.5. The predicted molar refractivity (Wildman–Crippen MR) is 67.8 cm³/mol. The lowest BCUT2D eigenvalue weighted by Crippen LogP contribution is -2.14. The lowest BCUT2D eigenvalue weighted by molar-refractivity contribution is -0.394. The average molecular weight is 266 g/mol. The van der Waals surface area contributed by atoms with Gasteiger partial charge in [0.1, 0.15) is 6.29 Å². The maximum absolute atomic E-state index is 10.9. The van der Waals surface area contributed by atoms with E-state index in [0.717, 1.165) is 12.4 Å². The largest absolute Gasteiger partial charge is 0.303 e. The van der Waals surface area contributed by atoms with Crippen molar-refractivity contribution in [3.63, 3.8) is 0 Å². The number of nitrogens with zero attached hydrogens (tertiary/aromatic N) is 2. The molecule has 0 aliphatic carbocycles. The van der Waals surface area contributed by atoms with Crippen LogP contribution in [0, 0.1) is 32.1 Å². The van der Waals surface area contributed by atoms with Crippen LogP contribution in [0.5, 0.6) is 0 Å². The summed E-state index contributed by atoms with van der Waals surface area (Å²) in [4.78, 5) is 31.1. The Morgan fingerprint density at radius 1 is 1.21 bits per heavy atom. The number of hydrogen-bond donors (Lipinski definition) is 0. The van der Waals surface area contributed by atoms with Gasteiger partial charge < -0.3 is 4.79 Å². The Kier molecular flexibility index (Phi) is 4.68. The Balaban J connectivity index is 3.16. The summed E-state index contributed by atoms with van der Waals surface area (Å²) < 4.78 is 0. The van der Waals surface area contributed by atoms with Crippen LogP contribution in [0.3, 0.4) is 0 Å². The minimum Gasteiger partial charge on any atom is -0.303 e. The third-order valence-electron chi connectivity index (χ3n) is 2.96. The van der Waals surface area contributed by atoms with E-state index in [9.17, 15) is 25.0 Å². The van der Waals surface area contributed by atoms with Crippen LogP contribution in [-0.4, -0.2) is 16.1 Å². The second kappa shape index (κ2) is 6.03. The lowest BCUT2D eigenvalue weighted by Gasteiger charge is -2.13. The van der Waals surface area contributed by atoms with Gasteiger partial charge in [0.05, 0.1) is 15.9 Å². The maximum Gasteiger partial charge on any atom is 0.279 e. The maximum atomic E-state index is 10.9. The van der Waals surface area contributed by atoms with Gasteiger partial charge in [0.2, 0.25) is 0 Å². The molecule has 1 atom stereocenters. The highest BCUT2D eigenvalue weighted by molar-refractivity contribution is 5.57. The van der Waals surface area contributed by atoms with Crippen molar-refractivity contribution in [1.29, 1.82) is 0 Å². The van der Waals surface area contributed by atoms with Gasteiger partial charge in [-0.2, -0.15) is 0 Å². The van der Waals surface area contributed by atoms with Crippen LogP contribution in [0.25, 0.3) is 0 Å². The number of carbonyl (C=O) groups excluding carboxylic acids is 1. The van der Waals surface area contributed by atoms with Crippen molar-refractivity contribution in [3.8, 4) is 0 Å². The monoisotopic (exact) mass is 266 g/mol. The molecule has 1 aromatic rings. The van der Waals surface area contributed by atoms with E-state index in [2.05, 4.69) is 0 Å². The molecule has 0 spiro atoms. The highest BCUT2D eigenvalue weighted by Crippen LogP contribution is 2.27. The Labute approximate surface area is 109 Å². The molecule has 1 rings (SSSR count). The van der Waals surface area contributed by atoms with Crippen LogP contribution in [-0.2, 0) is 11.2 Å². The fraction of sp³-hybridized carbons (Fsp3) is 0.417. The number of carbonyl (C=O) groups is 1. The summed E-state index contributed by atoms with van der Waals surface area (Å²) in [6, 6.07) is 3.48. The topological polar surface area (TPSA) is 103 Å². The number of rotatable bonds is 6. The Bertz CT molecular complexity index is 513. The Morgan fingerprint density at radius 3 is 2.26 bits per heavy atom. The first kappa shape index (κ1) is 14.7. The van der Waals surface area contributed by atoms with E-state index in [1.165, 1.54) is 12.1 Å². The van der Waals surface area contributed by atoms with E-state index in [1.54, 1.807) is 0 Å². The molecule has 0 radical (unpaired) electrons. The molecule has 0 aliphatic rings. The van der Waals surface area contributed by atoms with Gasteiger partial charge in [0.25, 0.3) is 11.4 Å². The van der Waals surface area contributed by atoms with Crippen molar-refractivity contribution in [2.45, 2.75) is 20.3 Å². The Morgan fingerprint density at radius 2 is 1.84 bits per heavy atom. The first-order chi connectivity index (χ1) is 8.86. The van der Waals surface area contributed by atoms with Crippen LogP contribution in [0.2, 0.25) is 0 Å². The van der Waals surface area contributed by atoms with E-state index in [-0.39, 0.29) is 29.6 Å². The number of aldehydes is 1. The fourth-order valence-corrected chi connectivity index (χ4v) is 1.70. The molecule has 0 aliphatic heterocycles. The number of non-ortho nitro benzene ring substituents is 1. The molecular formula is C12H14N2O5. The van der Waals surface area contributed by atoms with Crippen molar-refractivity contribution >= 4 is 17.7 Å². The van der Waals surface area contributed by atoms with E-state index < -0.39 is 9.85 Å². The first-order valence-electron chi connectivity index (χ1n) is 5.73. The van der Waals surface area contributed by atoms with Gasteiger partial charge in [-0.1, -0.05) is 13.8 Å². The summed E-state index contributed by atoms with van der Waals surface area (Å²) in [5.74, 6) is -0.299. The standard InChI is InChI=1S/C12H14N2O5/c1-8(2)10(7-15)5-9-3-4-11(13(16)17)6-12(9)14(18)19/h3-4,6-8,10H,5H2,1-2H3/t10-/m1/s1. The molecule has 0 bridgehead atoms. The van der Waals surface area contributed by atoms with Gasteiger partial charge in [-0.25, -0.2) is 0 Å². The van der Waals surface area contributed by atoms with Gasteiger partial charge >= 0.3 is 0 Å². The summed E-state index contributed by atoms with van der Waals surface area (Å²) in [5.41, 5.74) is -0.314. The molecule has 7 heteroatoms. The van der Waals surface area contributed by atoms with Crippen LogP contribution < -0.4 is 0 Å². The predicted octanol–water partition coefficient (Wildman–Crippen LogP) is 2.52. The molecule has 0 saturated heterocycles. The van der Waals surface area contributed by atoms with E-state index in [1.807, 2.05) is 13.8 Å². The highest BCUT2D eigenvalue weighted by atomic mass is 16.6. The van der Waals surface area contributed by atoms with Gasteiger partial charge in [-0.3, -0.25) is 20.2 Å². The zero-order chi connectivity index (χ0) is 14.6. The molecule has 19 heavy (non-hydrogen) atoms. The molecule has 0 saturated carbocycles. The molecule has 0 unspecified atom stereocenters. The molecule has 0 aromatic heterocycles. The second-order valence-electron chi connectivity index (χ2n) is 4.58. The van der Waals surface area contributed by atoms with Crippen LogP contribution in [0.4, 0.5) is 11.4 Å².